The van der Waals surface area contributed by atoms with Gasteiger partial charge in [0.25, 0.3) is 0 Å². The van der Waals surface area contributed by atoms with Gasteiger partial charge in [-0.25, -0.2) is 0 Å². The first kappa shape index (κ1) is 26.6. The minimum absolute atomic E-state index is 0. The van der Waals surface area contributed by atoms with E-state index < -0.39 is 5.97 Å². The number of allylic oxidation sites excluding steroid dienone is 2. The quantitative estimate of drug-likeness (QED) is 0.227. The fraction of sp³-hybridized carbons (Fsp3) is 0.344. The van der Waals surface area contributed by atoms with Crippen molar-refractivity contribution < 1.29 is 19.1 Å². The van der Waals surface area contributed by atoms with Crippen molar-refractivity contribution in [2.75, 3.05) is 0 Å². The first-order valence-electron chi connectivity index (χ1n) is 13.1. The van der Waals surface area contributed by atoms with Gasteiger partial charge in [0.05, 0.1) is 12.7 Å². The Morgan fingerprint density at radius 3 is 2.74 bits per heavy atom. The fourth-order valence-corrected chi connectivity index (χ4v) is 6.96. The summed E-state index contributed by atoms with van der Waals surface area (Å²) in [6, 6.07) is 16.4. The molecule has 0 bridgehead atoms. The number of fused-ring (bicyclic) bond motifs is 1. The van der Waals surface area contributed by atoms with Crippen LogP contribution in [0.3, 0.4) is 0 Å². The van der Waals surface area contributed by atoms with Gasteiger partial charge in [-0.15, -0.1) is 11.3 Å². The first-order chi connectivity index (χ1) is 17.9. The predicted octanol–water partition coefficient (Wildman–Crippen LogP) is 9.02. The molecular weight excluding hydrogens is 512 g/mol. The molecule has 0 amide bonds. The number of benzene rings is 2. The highest BCUT2D eigenvalue weighted by Gasteiger charge is 2.34. The molecule has 2 aliphatic rings. The van der Waals surface area contributed by atoms with Crippen LogP contribution in [0.1, 0.15) is 68.6 Å². The maximum absolute atomic E-state index is 11.5. The van der Waals surface area contributed by atoms with E-state index in [-0.39, 0.29) is 31.2 Å². The highest BCUT2D eigenvalue weighted by molar-refractivity contribution is 7.59. The molecule has 2 aliphatic carbocycles. The van der Waals surface area contributed by atoms with E-state index in [9.17, 15) is 9.90 Å². The smallest absolute Gasteiger partial charge is 0.303 e. The summed E-state index contributed by atoms with van der Waals surface area (Å²) in [5.74, 6) is 0.589. The molecule has 0 radical (unpaired) electrons. The zero-order chi connectivity index (χ0) is 25.6. The van der Waals surface area contributed by atoms with Crippen molar-refractivity contribution in [2.24, 2.45) is 11.3 Å². The Bertz CT molecular complexity index is 1490. The largest absolute Gasteiger partial charge is 0.489 e. The minimum atomic E-state index is -0.737. The second kappa shape index (κ2) is 10.7. The van der Waals surface area contributed by atoms with Crippen molar-refractivity contribution in [1.29, 1.82) is 0 Å². The van der Waals surface area contributed by atoms with Gasteiger partial charge in [-0.2, -0.15) is 13.5 Å². The Kier molecular flexibility index (Phi) is 7.47. The molecule has 1 N–H and O–H groups in total. The molecule has 6 heteroatoms. The number of hydrogen-bond donors (Lipinski definition) is 1. The third-order valence-corrected chi connectivity index (χ3v) is 9.05. The van der Waals surface area contributed by atoms with Crippen molar-refractivity contribution >= 4 is 47.3 Å². The number of hydrogen-bond acceptors (Lipinski definition) is 4. The lowest BCUT2D eigenvalue weighted by Gasteiger charge is -2.24. The average Bonchev–Trinajstić information content (AvgIpc) is 3.28. The molecule has 1 saturated carbocycles. The number of thiophene rings is 1. The molecule has 1 atom stereocenters. The molecule has 6 rings (SSSR count). The van der Waals surface area contributed by atoms with Crippen LogP contribution in [0.15, 0.2) is 70.7 Å². The number of carboxylic acid groups (broad SMARTS) is 1. The Morgan fingerprint density at radius 1 is 1.18 bits per heavy atom. The Morgan fingerprint density at radius 2 is 2.00 bits per heavy atom. The molecular formula is C32H34O4S2. The van der Waals surface area contributed by atoms with E-state index in [1.54, 1.807) is 17.6 Å². The standard InChI is InChI=1S/C32H32O4S.H2S/c1-32(2)14-5-9-27(32)30-22(19-37-31(30)25-8-4-10-28-24(25)13-15-35-28)18-36-23-7-3-6-21(16-23)26(17-29(33)34)20-11-12-20;/h3-4,6-10,13,15-16,19-20,26H,5,11-12,14,17-18H2,1-2H3,(H,33,34);1H2/t26-;/m0./s1. The highest BCUT2D eigenvalue weighted by Crippen LogP contribution is 2.51. The van der Waals surface area contributed by atoms with Gasteiger partial charge in [0.1, 0.15) is 17.9 Å². The summed E-state index contributed by atoms with van der Waals surface area (Å²) in [6.07, 6.45) is 8.78. The van der Waals surface area contributed by atoms with Gasteiger partial charge >= 0.3 is 5.97 Å². The lowest BCUT2D eigenvalue weighted by Crippen LogP contribution is -2.11. The van der Waals surface area contributed by atoms with Gasteiger partial charge in [0, 0.05) is 27.0 Å². The van der Waals surface area contributed by atoms with Crippen molar-refractivity contribution in [3.8, 4) is 16.2 Å². The first-order valence-corrected chi connectivity index (χ1v) is 14.0. The summed E-state index contributed by atoms with van der Waals surface area (Å²) in [6.45, 7) is 5.14. The monoisotopic (exact) mass is 546 g/mol. The van der Waals surface area contributed by atoms with E-state index in [1.807, 2.05) is 30.3 Å². The van der Waals surface area contributed by atoms with Gasteiger partial charge in [-0.3, -0.25) is 4.79 Å². The van der Waals surface area contributed by atoms with Crippen LogP contribution in [0.2, 0.25) is 0 Å². The number of carboxylic acids is 1. The molecule has 2 aromatic heterocycles. The van der Waals surface area contributed by atoms with E-state index in [0.29, 0.717) is 12.5 Å². The van der Waals surface area contributed by atoms with E-state index in [0.717, 1.165) is 48.0 Å². The number of ether oxygens (including phenoxy) is 1. The zero-order valence-corrected chi connectivity index (χ0v) is 23.6. The summed E-state index contributed by atoms with van der Waals surface area (Å²) in [5.41, 5.74) is 7.15. The molecule has 2 aromatic carbocycles. The van der Waals surface area contributed by atoms with Gasteiger partial charge in [-0.1, -0.05) is 44.2 Å². The van der Waals surface area contributed by atoms with E-state index in [1.165, 1.54) is 27.1 Å². The molecule has 0 saturated heterocycles. The van der Waals surface area contributed by atoms with Crippen LogP contribution in [-0.4, -0.2) is 11.1 Å². The van der Waals surface area contributed by atoms with Crippen molar-refractivity contribution in [2.45, 2.75) is 58.5 Å². The number of furan rings is 1. The number of aliphatic carboxylic acids is 1. The number of carbonyl (C=O) groups is 1. The van der Waals surface area contributed by atoms with Crippen LogP contribution in [0.25, 0.3) is 27.0 Å². The number of rotatable bonds is 9. The molecule has 38 heavy (non-hydrogen) atoms. The molecule has 4 nitrogen and oxygen atoms in total. The maximum atomic E-state index is 11.5. The molecule has 0 aliphatic heterocycles. The van der Waals surface area contributed by atoms with Crippen molar-refractivity contribution in [3.05, 3.63) is 82.9 Å². The van der Waals surface area contributed by atoms with E-state index in [2.05, 4.69) is 43.5 Å². The SMILES string of the molecule is CC1(C)CCC=C1c1c(COc2cccc([C@@H](CC(=O)O)C3CC3)c2)csc1-c1cccc2occc12.S. The second-order valence-corrected chi connectivity index (χ2v) is 11.9. The molecule has 0 unspecified atom stereocenters. The lowest BCUT2D eigenvalue weighted by molar-refractivity contribution is -0.137. The highest BCUT2D eigenvalue weighted by atomic mass is 32.1. The molecule has 198 valence electrons. The zero-order valence-electron chi connectivity index (χ0n) is 21.8. The van der Waals surface area contributed by atoms with Crippen LogP contribution < -0.4 is 4.74 Å². The van der Waals surface area contributed by atoms with Crippen molar-refractivity contribution in [3.63, 3.8) is 0 Å². The third-order valence-electron chi connectivity index (χ3n) is 7.99. The molecule has 4 aromatic rings. The fourth-order valence-electron chi connectivity index (χ4n) is 5.85. The van der Waals surface area contributed by atoms with Crippen LogP contribution in [0.5, 0.6) is 5.75 Å². The van der Waals surface area contributed by atoms with Gasteiger partial charge < -0.3 is 14.3 Å². The third kappa shape index (κ3) is 5.16. The summed E-state index contributed by atoms with van der Waals surface area (Å²) < 4.78 is 12.1. The van der Waals surface area contributed by atoms with E-state index in [4.69, 9.17) is 9.15 Å². The Labute approximate surface area is 234 Å². The molecule has 0 spiro atoms. The maximum Gasteiger partial charge on any atom is 0.303 e. The Hall–Kier alpha value is -2.96. The van der Waals surface area contributed by atoms with Crippen molar-refractivity contribution in [1.82, 2.24) is 0 Å². The van der Waals surface area contributed by atoms with Crippen LogP contribution in [0.4, 0.5) is 0 Å². The van der Waals surface area contributed by atoms with Crippen LogP contribution >= 0.6 is 24.8 Å². The second-order valence-electron chi connectivity index (χ2n) is 11.0. The molecule has 2 heterocycles. The summed E-state index contributed by atoms with van der Waals surface area (Å²) in [4.78, 5) is 12.7. The summed E-state index contributed by atoms with van der Waals surface area (Å²) in [5, 5.41) is 12.8. The minimum Gasteiger partial charge on any atom is -0.489 e. The van der Waals surface area contributed by atoms with Crippen LogP contribution in [-0.2, 0) is 11.4 Å². The van der Waals surface area contributed by atoms with E-state index >= 15 is 0 Å². The average molecular weight is 547 g/mol. The van der Waals surface area contributed by atoms with Gasteiger partial charge in [0.15, 0.2) is 0 Å². The summed E-state index contributed by atoms with van der Waals surface area (Å²) >= 11 is 1.77. The topological polar surface area (TPSA) is 59.7 Å². The predicted molar refractivity (Wildman–Crippen MR) is 159 cm³/mol. The normalized spacial score (nSPS) is 17.2. The molecule has 1 fully saturated rings. The van der Waals surface area contributed by atoms with Crippen LogP contribution in [0, 0.1) is 11.3 Å². The summed E-state index contributed by atoms with van der Waals surface area (Å²) in [7, 11) is 0. The lowest BCUT2D eigenvalue weighted by atomic mass is 9.80. The van der Waals surface area contributed by atoms with Gasteiger partial charge in [-0.05, 0) is 83.7 Å². The van der Waals surface area contributed by atoms with Gasteiger partial charge in [0.2, 0.25) is 0 Å². The Balaban J connectivity index is 0.00000294.